The molecule has 3 nitrogen and oxygen atoms in total. The van der Waals surface area contributed by atoms with Crippen LogP contribution in [0.3, 0.4) is 0 Å². The average molecular weight is 294 g/mol. The molecule has 0 spiro atoms. The van der Waals surface area contributed by atoms with Crippen molar-refractivity contribution in [3.8, 4) is 17.6 Å². The Morgan fingerprint density at radius 2 is 1.89 bits per heavy atom. The number of aliphatic hydroxyl groups excluding tert-OH is 1. The fourth-order valence-corrected chi connectivity index (χ4v) is 1.86. The van der Waals surface area contributed by atoms with Gasteiger partial charge in [-0.05, 0) is 30.3 Å². The molecule has 0 aliphatic rings. The molecule has 0 unspecified atom stereocenters. The van der Waals surface area contributed by atoms with Crippen LogP contribution in [-0.4, -0.2) is 5.11 Å². The lowest BCUT2D eigenvalue weighted by molar-refractivity contribution is 0.276. The van der Waals surface area contributed by atoms with E-state index in [-0.39, 0.29) is 6.61 Å². The van der Waals surface area contributed by atoms with Crippen LogP contribution in [0.2, 0.25) is 10.0 Å². The van der Waals surface area contributed by atoms with E-state index in [4.69, 9.17) is 33.2 Å². The summed E-state index contributed by atoms with van der Waals surface area (Å²) < 4.78 is 5.63. The van der Waals surface area contributed by atoms with Crippen LogP contribution in [0.25, 0.3) is 0 Å². The van der Waals surface area contributed by atoms with Gasteiger partial charge in [-0.2, -0.15) is 5.26 Å². The Labute approximate surface area is 120 Å². The fraction of sp³-hybridized carbons (Fsp3) is 0.0714. The van der Waals surface area contributed by atoms with Crippen molar-refractivity contribution in [1.29, 1.82) is 5.26 Å². The Kier molecular flexibility index (Phi) is 4.28. The van der Waals surface area contributed by atoms with E-state index in [1.54, 1.807) is 36.4 Å². The zero-order chi connectivity index (χ0) is 13.8. The molecule has 0 bridgehead atoms. The van der Waals surface area contributed by atoms with Crippen molar-refractivity contribution in [1.82, 2.24) is 0 Å². The monoisotopic (exact) mass is 293 g/mol. The molecule has 0 aromatic heterocycles. The lowest BCUT2D eigenvalue weighted by Gasteiger charge is -2.11. The summed E-state index contributed by atoms with van der Waals surface area (Å²) in [5.41, 5.74) is 0.962. The molecule has 0 heterocycles. The molecule has 1 N–H and O–H groups in total. The minimum Gasteiger partial charge on any atom is -0.455 e. The topological polar surface area (TPSA) is 53.2 Å². The number of hydrogen-bond donors (Lipinski definition) is 1. The van der Waals surface area contributed by atoms with Gasteiger partial charge in [-0.25, -0.2) is 0 Å². The third-order valence-electron chi connectivity index (χ3n) is 2.47. The number of hydrogen-bond acceptors (Lipinski definition) is 3. The van der Waals surface area contributed by atoms with E-state index in [1.807, 2.05) is 6.07 Å². The number of halogens is 2. The standard InChI is InChI=1S/C14H9Cl2NO2/c15-11-2-3-12(16)14(6-11)19-13-4-1-9(7-17)5-10(13)8-18/h1-6,18H,8H2. The molecule has 19 heavy (non-hydrogen) atoms. The molecular weight excluding hydrogens is 285 g/mol. The predicted molar refractivity (Wildman–Crippen MR) is 73.6 cm³/mol. The molecule has 2 aromatic carbocycles. The molecule has 2 aromatic rings. The molecule has 0 saturated carbocycles. The Morgan fingerprint density at radius 3 is 2.58 bits per heavy atom. The molecule has 0 aliphatic heterocycles. The first-order valence-corrected chi connectivity index (χ1v) is 6.16. The van der Waals surface area contributed by atoms with Crippen LogP contribution in [0.5, 0.6) is 11.5 Å². The van der Waals surface area contributed by atoms with E-state index >= 15 is 0 Å². The van der Waals surface area contributed by atoms with Gasteiger partial charge in [0.2, 0.25) is 0 Å². The van der Waals surface area contributed by atoms with Gasteiger partial charge in [0.25, 0.3) is 0 Å². The third-order valence-corrected chi connectivity index (χ3v) is 3.02. The van der Waals surface area contributed by atoms with Crippen LogP contribution in [-0.2, 0) is 6.61 Å². The fourth-order valence-electron chi connectivity index (χ4n) is 1.55. The summed E-state index contributed by atoms with van der Waals surface area (Å²) in [5.74, 6) is 0.833. The summed E-state index contributed by atoms with van der Waals surface area (Å²) in [7, 11) is 0. The third kappa shape index (κ3) is 3.18. The van der Waals surface area contributed by atoms with Gasteiger partial charge in [0.1, 0.15) is 11.5 Å². The average Bonchev–Trinajstić information content (AvgIpc) is 2.43. The van der Waals surface area contributed by atoms with Crippen LogP contribution in [0, 0.1) is 11.3 Å². The number of ether oxygens (including phenoxy) is 1. The van der Waals surface area contributed by atoms with Crippen molar-refractivity contribution in [3.63, 3.8) is 0 Å². The number of aliphatic hydroxyl groups is 1. The minimum absolute atomic E-state index is 0.233. The maximum atomic E-state index is 9.29. The molecular formula is C14H9Cl2NO2. The second-order valence-electron chi connectivity index (χ2n) is 3.77. The van der Waals surface area contributed by atoms with E-state index in [9.17, 15) is 5.11 Å². The molecule has 0 radical (unpaired) electrons. The Hall–Kier alpha value is -1.73. The maximum absolute atomic E-state index is 9.29. The first-order valence-electron chi connectivity index (χ1n) is 5.41. The van der Waals surface area contributed by atoms with Crippen LogP contribution in [0.4, 0.5) is 0 Å². The van der Waals surface area contributed by atoms with Gasteiger partial charge in [0, 0.05) is 16.7 Å². The zero-order valence-corrected chi connectivity index (χ0v) is 11.2. The highest BCUT2D eigenvalue weighted by Crippen LogP contribution is 2.33. The van der Waals surface area contributed by atoms with E-state index in [0.717, 1.165) is 0 Å². The summed E-state index contributed by atoms with van der Waals surface area (Å²) in [6.07, 6.45) is 0. The molecule has 5 heteroatoms. The number of nitrogens with zero attached hydrogens (tertiary/aromatic N) is 1. The molecule has 0 fully saturated rings. The molecule has 96 valence electrons. The SMILES string of the molecule is N#Cc1ccc(Oc2cc(Cl)ccc2Cl)c(CO)c1. The second-order valence-corrected chi connectivity index (χ2v) is 4.61. The van der Waals surface area contributed by atoms with Crippen molar-refractivity contribution in [2.75, 3.05) is 0 Å². The van der Waals surface area contributed by atoms with Crippen molar-refractivity contribution in [3.05, 3.63) is 57.6 Å². The van der Waals surface area contributed by atoms with Gasteiger partial charge in [-0.15, -0.1) is 0 Å². The summed E-state index contributed by atoms with van der Waals surface area (Å²) in [5, 5.41) is 19.0. The highest BCUT2D eigenvalue weighted by molar-refractivity contribution is 6.34. The summed E-state index contributed by atoms with van der Waals surface area (Å²) in [6, 6.07) is 11.6. The Bertz CT molecular complexity index is 650. The number of nitriles is 1. The van der Waals surface area contributed by atoms with Gasteiger partial charge < -0.3 is 9.84 Å². The minimum atomic E-state index is -0.233. The van der Waals surface area contributed by atoms with Gasteiger partial charge >= 0.3 is 0 Å². The molecule has 0 aliphatic carbocycles. The molecule has 0 atom stereocenters. The van der Waals surface area contributed by atoms with Crippen LogP contribution in [0.1, 0.15) is 11.1 Å². The van der Waals surface area contributed by atoms with E-state index in [0.29, 0.717) is 32.7 Å². The van der Waals surface area contributed by atoms with E-state index in [2.05, 4.69) is 0 Å². The first kappa shape index (κ1) is 13.7. The zero-order valence-electron chi connectivity index (χ0n) is 9.73. The Balaban J connectivity index is 2.38. The quantitative estimate of drug-likeness (QED) is 0.925. The van der Waals surface area contributed by atoms with Crippen LogP contribution < -0.4 is 4.74 Å². The van der Waals surface area contributed by atoms with Gasteiger partial charge in [-0.1, -0.05) is 23.2 Å². The molecule has 0 amide bonds. The van der Waals surface area contributed by atoms with E-state index < -0.39 is 0 Å². The second kappa shape index (κ2) is 5.94. The highest BCUT2D eigenvalue weighted by Gasteiger charge is 2.09. The number of rotatable bonds is 3. The summed E-state index contributed by atoms with van der Waals surface area (Å²) >= 11 is 11.9. The lowest BCUT2D eigenvalue weighted by atomic mass is 10.1. The lowest BCUT2D eigenvalue weighted by Crippen LogP contribution is -1.93. The highest BCUT2D eigenvalue weighted by atomic mass is 35.5. The summed E-state index contributed by atoms with van der Waals surface area (Å²) in [4.78, 5) is 0. The van der Waals surface area contributed by atoms with Crippen molar-refractivity contribution < 1.29 is 9.84 Å². The van der Waals surface area contributed by atoms with Crippen LogP contribution in [0.15, 0.2) is 36.4 Å². The summed E-state index contributed by atoms with van der Waals surface area (Å²) in [6.45, 7) is -0.233. The van der Waals surface area contributed by atoms with E-state index in [1.165, 1.54) is 0 Å². The Morgan fingerprint density at radius 1 is 1.11 bits per heavy atom. The van der Waals surface area contributed by atoms with Crippen LogP contribution >= 0.6 is 23.2 Å². The van der Waals surface area contributed by atoms with Crippen molar-refractivity contribution in [2.45, 2.75) is 6.61 Å². The first-order chi connectivity index (χ1) is 9.13. The predicted octanol–water partition coefficient (Wildman–Crippen LogP) is 4.15. The largest absolute Gasteiger partial charge is 0.455 e. The molecule has 2 rings (SSSR count). The van der Waals surface area contributed by atoms with Gasteiger partial charge in [0.05, 0.1) is 23.3 Å². The smallest absolute Gasteiger partial charge is 0.147 e. The number of benzene rings is 2. The van der Waals surface area contributed by atoms with Gasteiger partial charge in [0.15, 0.2) is 0 Å². The molecule has 0 saturated heterocycles. The maximum Gasteiger partial charge on any atom is 0.147 e. The normalized spacial score (nSPS) is 10.0. The van der Waals surface area contributed by atoms with Crippen molar-refractivity contribution in [2.24, 2.45) is 0 Å². The van der Waals surface area contributed by atoms with Gasteiger partial charge in [-0.3, -0.25) is 0 Å². The van der Waals surface area contributed by atoms with Crippen molar-refractivity contribution >= 4 is 23.2 Å².